The lowest BCUT2D eigenvalue weighted by Gasteiger charge is -2.38. The molecule has 4 rings (SSSR count). The molecule has 162 valence electrons. The summed E-state index contributed by atoms with van der Waals surface area (Å²) in [7, 11) is -3.80. The maximum atomic E-state index is 13.1. The first-order valence-electron chi connectivity index (χ1n) is 10.2. The zero-order chi connectivity index (χ0) is 21.1. The van der Waals surface area contributed by atoms with Gasteiger partial charge in [0.1, 0.15) is 17.9 Å². The summed E-state index contributed by atoms with van der Waals surface area (Å²) in [5.74, 6) is -0.355. The number of imidazole rings is 1. The number of rotatable bonds is 6. The monoisotopic (exact) mass is 434 g/mol. The Morgan fingerprint density at radius 3 is 2.57 bits per heavy atom. The van der Waals surface area contributed by atoms with Crippen molar-refractivity contribution in [3.05, 3.63) is 43.0 Å². The summed E-state index contributed by atoms with van der Waals surface area (Å²) in [5, 5.41) is 9.43. The van der Waals surface area contributed by atoms with Crippen LogP contribution in [0.4, 0.5) is 0 Å². The molecule has 1 N–H and O–H groups in total. The van der Waals surface area contributed by atoms with Gasteiger partial charge in [-0.3, -0.25) is 4.79 Å². The lowest BCUT2D eigenvalue weighted by Crippen LogP contribution is -2.55. The number of carboxylic acid groups (broad SMARTS) is 1. The van der Waals surface area contributed by atoms with Gasteiger partial charge in [0.25, 0.3) is 10.2 Å². The SMILES string of the molecule is O=C(O)C1CCCCN1S(=O)(=O)N1CCC(Oc2ccccc2-n2ccnc2)CC1. The smallest absolute Gasteiger partial charge is 0.322 e. The van der Waals surface area contributed by atoms with Crippen LogP contribution >= 0.6 is 0 Å². The van der Waals surface area contributed by atoms with Gasteiger partial charge in [0, 0.05) is 32.0 Å². The molecular formula is C20H26N4O5S. The standard InChI is InChI=1S/C20H26N4O5S/c25-20(26)18-6-3-4-11-24(18)30(27,28)23-12-8-16(9-13-23)29-19-7-2-1-5-17(19)22-14-10-21-15-22/h1-2,5,7,10,14-16,18H,3-4,6,8-9,11-13H2,(H,25,26). The number of piperidine rings is 2. The highest BCUT2D eigenvalue weighted by atomic mass is 32.2. The molecule has 3 heterocycles. The number of para-hydroxylation sites is 2. The van der Waals surface area contributed by atoms with Crippen molar-refractivity contribution in [2.24, 2.45) is 0 Å². The average molecular weight is 435 g/mol. The van der Waals surface area contributed by atoms with E-state index in [1.807, 2.05) is 35.0 Å². The summed E-state index contributed by atoms with van der Waals surface area (Å²) in [6, 6.07) is 6.69. The van der Waals surface area contributed by atoms with E-state index in [2.05, 4.69) is 4.98 Å². The summed E-state index contributed by atoms with van der Waals surface area (Å²) in [6.45, 7) is 0.875. The molecule has 2 fully saturated rings. The van der Waals surface area contributed by atoms with Crippen molar-refractivity contribution in [2.45, 2.75) is 44.2 Å². The molecule has 1 aromatic heterocycles. The van der Waals surface area contributed by atoms with Gasteiger partial charge < -0.3 is 14.4 Å². The van der Waals surface area contributed by atoms with Gasteiger partial charge in [-0.25, -0.2) is 4.98 Å². The lowest BCUT2D eigenvalue weighted by atomic mass is 10.1. The Morgan fingerprint density at radius 2 is 1.87 bits per heavy atom. The fraction of sp³-hybridized carbons (Fsp3) is 0.500. The van der Waals surface area contributed by atoms with E-state index in [0.29, 0.717) is 38.8 Å². The number of carbonyl (C=O) groups is 1. The van der Waals surface area contributed by atoms with Crippen LogP contribution in [0.25, 0.3) is 5.69 Å². The second kappa shape index (κ2) is 8.75. The Labute approximate surface area is 176 Å². The third-order valence-electron chi connectivity index (χ3n) is 5.70. The molecule has 0 bridgehead atoms. The van der Waals surface area contributed by atoms with Gasteiger partial charge in [0.05, 0.1) is 12.0 Å². The molecule has 2 aliphatic rings. The fourth-order valence-corrected chi connectivity index (χ4v) is 5.95. The lowest BCUT2D eigenvalue weighted by molar-refractivity contribution is -0.142. The summed E-state index contributed by atoms with van der Waals surface area (Å²) in [6.07, 6.45) is 8.00. The molecule has 9 nitrogen and oxygen atoms in total. The van der Waals surface area contributed by atoms with Crippen molar-refractivity contribution in [3.63, 3.8) is 0 Å². The Kier molecular flexibility index (Phi) is 6.07. The number of hydrogen-bond acceptors (Lipinski definition) is 5. The summed E-state index contributed by atoms with van der Waals surface area (Å²) in [5.41, 5.74) is 0.877. The first kappa shape index (κ1) is 20.8. The van der Waals surface area contributed by atoms with Gasteiger partial charge in [0.2, 0.25) is 0 Å². The van der Waals surface area contributed by atoms with E-state index in [-0.39, 0.29) is 12.6 Å². The zero-order valence-electron chi connectivity index (χ0n) is 16.6. The van der Waals surface area contributed by atoms with E-state index in [1.54, 1.807) is 12.5 Å². The van der Waals surface area contributed by atoms with Crippen LogP contribution in [0.15, 0.2) is 43.0 Å². The Balaban J connectivity index is 1.42. The molecule has 0 amide bonds. The Morgan fingerprint density at radius 1 is 1.10 bits per heavy atom. The van der Waals surface area contributed by atoms with Crippen LogP contribution in [0.3, 0.4) is 0 Å². The molecule has 1 atom stereocenters. The number of nitrogens with zero attached hydrogens (tertiary/aromatic N) is 4. The Bertz CT molecular complexity index is 971. The minimum absolute atomic E-state index is 0.113. The van der Waals surface area contributed by atoms with E-state index < -0.39 is 22.2 Å². The van der Waals surface area contributed by atoms with Gasteiger partial charge in [0.15, 0.2) is 0 Å². The van der Waals surface area contributed by atoms with Crippen LogP contribution in [0.5, 0.6) is 5.75 Å². The second-order valence-electron chi connectivity index (χ2n) is 7.62. The molecule has 30 heavy (non-hydrogen) atoms. The van der Waals surface area contributed by atoms with Crippen molar-refractivity contribution < 1.29 is 23.1 Å². The van der Waals surface area contributed by atoms with Crippen LogP contribution in [0.1, 0.15) is 32.1 Å². The third kappa shape index (κ3) is 4.21. The molecule has 2 saturated heterocycles. The van der Waals surface area contributed by atoms with Crippen LogP contribution in [-0.2, 0) is 15.0 Å². The molecule has 1 unspecified atom stereocenters. The summed E-state index contributed by atoms with van der Waals surface area (Å²) >= 11 is 0. The number of hydrogen-bond donors (Lipinski definition) is 1. The molecule has 0 radical (unpaired) electrons. The molecule has 0 spiro atoms. The predicted octanol–water partition coefficient (Wildman–Crippen LogP) is 1.90. The number of ether oxygens (including phenoxy) is 1. The van der Waals surface area contributed by atoms with E-state index in [1.165, 1.54) is 4.31 Å². The topological polar surface area (TPSA) is 105 Å². The summed E-state index contributed by atoms with van der Waals surface area (Å²) < 4.78 is 36.8. The molecule has 2 aromatic rings. The van der Waals surface area contributed by atoms with Crippen molar-refractivity contribution in [1.29, 1.82) is 0 Å². The van der Waals surface area contributed by atoms with Crippen molar-refractivity contribution in [1.82, 2.24) is 18.2 Å². The highest BCUT2D eigenvalue weighted by molar-refractivity contribution is 7.86. The van der Waals surface area contributed by atoms with E-state index in [0.717, 1.165) is 22.2 Å². The quantitative estimate of drug-likeness (QED) is 0.745. The minimum Gasteiger partial charge on any atom is -0.488 e. The summed E-state index contributed by atoms with van der Waals surface area (Å²) in [4.78, 5) is 15.6. The van der Waals surface area contributed by atoms with Gasteiger partial charge in [-0.15, -0.1) is 0 Å². The average Bonchev–Trinajstić information content (AvgIpc) is 3.29. The molecule has 10 heteroatoms. The molecule has 0 saturated carbocycles. The van der Waals surface area contributed by atoms with Gasteiger partial charge in [-0.05, 0) is 44.2 Å². The van der Waals surface area contributed by atoms with Crippen molar-refractivity contribution in [3.8, 4) is 11.4 Å². The second-order valence-corrected chi connectivity index (χ2v) is 9.50. The molecule has 0 aliphatic carbocycles. The third-order valence-corrected chi connectivity index (χ3v) is 7.75. The minimum atomic E-state index is -3.80. The first-order valence-corrected chi connectivity index (χ1v) is 11.6. The number of carboxylic acids is 1. The van der Waals surface area contributed by atoms with E-state index in [4.69, 9.17) is 4.74 Å². The van der Waals surface area contributed by atoms with E-state index in [9.17, 15) is 18.3 Å². The molecular weight excluding hydrogens is 408 g/mol. The van der Waals surface area contributed by atoms with Crippen LogP contribution in [0.2, 0.25) is 0 Å². The maximum Gasteiger partial charge on any atom is 0.322 e. The molecule has 2 aliphatic heterocycles. The number of aliphatic carboxylic acids is 1. The highest BCUT2D eigenvalue weighted by Gasteiger charge is 2.41. The normalized spacial score (nSPS) is 22.1. The van der Waals surface area contributed by atoms with E-state index >= 15 is 0 Å². The largest absolute Gasteiger partial charge is 0.488 e. The zero-order valence-corrected chi connectivity index (χ0v) is 17.4. The van der Waals surface area contributed by atoms with Gasteiger partial charge in [-0.2, -0.15) is 17.0 Å². The van der Waals surface area contributed by atoms with Crippen LogP contribution in [0, 0.1) is 0 Å². The van der Waals surface area contributed by atoms with Crippen LogP contribution < -0.4 is 4.74 Å². The first-order chi connectivity index (χ1) is 14.5. The highest BCUT2D eigenvalue weighted by Crippen LogP contribution is 2.28. The van der Waals surface area contributed by atoms with Crippen LogP contribution in [-0.4, -0.2) is 69.4 Å². The van der Waals surface area contributed by atoms with Gasteiger partial charge >= 0.3 is 5.97 Å². The van der Waals surface area contributed by atoms with Gasteiger partial charge in [-0.1, -0.05) is 12.1 Å². The predicted molar refractivity (Wildman–Crippen MR) is 110 cm³/mol. The number of benzene rings is 1. The van der Waals surface area contributed by atoms with Crippen molar-refractivity contribution in [2.75, 3.05) is 19.6 Å². The van der Waals surface area contributed by atoms with Crippen molar-refractivity contribution >= 4 is 16.2 Å². The fourth-order valence-electron chi connectivity index (χ4n) is 4.11. The number of aromatic nitrogens is 2. The maximum absolute atomic E-state index is 13.1. The molecule has 1 aromatic carbocycles. The Hall–Kier alpha value is -2.43.